The van der Waals surface area contributed by atoms with Gasteiger partial charge in [0.25, 0.3) is 0 Å². The molecule has 160 valence electrons. The van der Waals surface area contributed by atoms with Crippen molar-refractivity contribution in [2.75, 3.05) is 45.3 Å². The standard InChI is InChI=1S/C22H32N2O4S/c25-22(16-29(26,27)20-8-4-5-9-20)24-12-10-23(11-13-24)17-28-15-19-14-21(19)18-6-2-1-3-7-18/h1-3,6-7,19-21H,4-5,8-17H2/t19-,21?/m0/s1. The van der Waals surface area contributed by atoms with Crippen LogP contribution in [0.1, 0.15) is 43.6 Å². The average Bonchev–Trinajstić information content (AvgIpc) is 3.26. The summed E-state index contributed by atoms with van der Waals surface area (Å²) in [5.74, 6) is 0.686. The molecule has 1 aliphatic heterocycles. The van der Waals surface area contributed by atoms with Crippen molar-refractivity contribution < 1.29 is 17.9 Å². The van der Waals surface area contributed by atoms with Crippen LogP contribution in [0.3, 0.4) is 0 Å². The molecule has 0 aromatic heterocycles. The van der Waals surface area contributed by atoms with Crippen LogP contribution in [-0.2, 0) is 19.4 Å². The van der Waals surface area contributed by atoms with Gasteiger partial charge >= 0.3 is 0 Å². The van der Waals surface area contributed by atoms with Gasteiger partial charge in [0.05, 0.1) is 18.6 Å². The maximum atomic E-state index is 12.5. The number of carbonyl (C=O) groups is 1. The van der Waals surface area contributed by atoms with E-state index in [1.165, 1.54) is 12.0 Å². The van der Waals surface area contributed by atoms with Gasteiger partial charge in [-0.15, -0.1) is 0 Å². The van der Waals surface area contributed by atoms with Gasteiger partial charge in [-0.25, -0.2) is 8.42 Å². The molecule has 1 aromatic carbocycles. The molecule has 3 fully saturated rings. The minimum Gasteiger partial charge on any atom is -0.366 e. The van der Waals surface area contributed by atoms with E-state index in [1.807, 2.05) is 6.07 Å². The number of benzene rings is 1. The van der Waals surface area contributed by atoms with Crippen LogP contribution in [0.15, 0.2) is 30.3 Å². The molecule has 0 radical (unpaired) electrons. The van der Waals surface area contributed by atoms with Crippen molar-refractivity contribution in [1.82, 2.24) is 9.80 Å². The third-order valence-electron chi connectivity index (χ3n) is 6.62. The van der Waals surface area contributed by atoms with Crippen molar-refractivity contribution in [3.8, 4) is 0 Å². The van der Waals surface area contributed by atoms with E-state index in [9.17, 15) is 13.2 Å². The molecule has 1 saturated heterocycles. The molecule has 4 rings (SSSR count). The van der Waals surface area contributed by atoms with Gasteiger partial charge in [-0.2, -0.15) is 0 Å². The highest BCUT2D eigenvalue weighted by atomic mass is 32.2. The quantitative estimate of drug-likeness (QED) is 0.645. The first-order valence-corrected chi connectivity index (χ1v) is 12.6. The summed E-state index contributed by atoms with van der Waals surface area (Å²) in [6, 6.07) is 10.6. The lowest BCUT2D eigenvalue weighted by Gasteiger charge is -2.34. The fourth-order valence-corrected chi connectivity index (χ4v) is 6.44. The number of carbonyl (C=O) groups excluding carboxylic acids is 1. The van der Waals surface area contributed by atoms with E-state index in [1.54, 1.807) is 4.90 Å². The van der Waals surface area contributed by atoms with Crippen LogP contribution >= 0.6 is 0 Å². The lowest BCUT2D eigenvalue weighted by molar-refractivity contribution is -0.131. The highest BCUT2D eigenvalue weighted by Crippen LogP contribution is 2.47. The molecule has 2 saturated carbocycles. The Morgan fingerprint density at radius 1 is 1.03 bits per heavy atom. The average molecular weight is 421 g/mol. The van der Waals surface area contributed by atoms with Gasteiger partial charge in [-0.1, -0.05) is 43.2 Å². The monoisotopic (exact) mass is 420 g/mol. The molecule has 7 heteroatoms. The van der Waals surface area contributed by atoms with Crippen LogP contribution < -0.4 is 0 Å². The Hall–Kier alpha value is -1.44. The highest BCUT2D eigenvalue weighted by molar-refractivity contribution is 7.92. The van der Waals surface area contributed by atoms with E-state index in [0.29, 0.717) is 44.5 Å². The van der Waals surface area contributed by atoms with E-state index >= 15 is 0 Å². The Balaban J connectivity index is 1.13. The number of ether oxygens (including phenoxy) is 1. The summed E-state index contributed by atoms with van der Waals surface area (Å²) < 4.78 is 30.7. The Morgan fingerprint density at radius 3 is 2.41 bits per heavy atom. The second-order valence-electron chi connectivity index (χ2n) is 8.73. The maximum Gasteiger partial charge on any atom is 0.237 e. The second kappa shape index (κ2) is 9.14. The van der Waals surface area contributed by atoms with Gasteiger partial charge in [0.2, 0.25) is 5.91 Å². The zero-order valence-corrected chi connectivity index (χ0v) is 17.9. The normalized spacial score (nSPS) is 26.0. The molecule has 0 bridgehead atoms. The summed E-state index contributed by atoms with van der Waals surface area (Å²) in [5, 5.41) is -0.303. The molecular formula is C22H32N2O4S. The summed E-state index contributed by atoms with van der Waals surface area (Å²) in [7, 11) is -3.30. The first kappa shape index (κ1) is 20.8. The number of rotatable bonds is 8. The topological polar surface area (TPSA) is 66.9 Å². The minimum absolute atomic E-state index is 0.235. The second-order valence-corrected chi connectivity index (χ2v) is 11.0. The van der Waals surface area contributed by atoms with E-state index < -0.39 is 9.84 Å². The van der Waals surface area contributed by atoms with Gasteiger partial charge < -0.3 is 9.64 Å². The van der Waals surface area contributed by atoms with Gasteiger partial charge in [0, 0.05) is 26.2 Å². The fourth-order valence-electron chi connectivity index (χ4n) is 4.63. The molecule has 1 aromatic rings. The third-order valence-corrected chi connectivity index (χ3v) is 8.75. The number of hydrogen-bond donors (Lipinski definition) is 0. The highest BCUT2D eigenvalue weighted by Gasteiger charge is 2.38. The van der Waals surface area contributed by atoms with Crippen molar-refractivity contribution in [3.05, 3.63) is 35.9 Å². The first-order valence-electron chi connectivity index (χ1n) is 10.9. The Morgan fingerprint density at radius 2 is 1.72 bits per heavy atom. The van der Waals surface area contributed by atoms with Gasteiger partial charge in [-0.3, -0.25) is 9.69 Å². The molecule has 29 heavy (non-hydrogen) atoms. The number of nitrogens with zero attached hydrogens (tertiary/aromatic N) is 2. The van der Waals surface area contributed by atoms with Gasteiger partial charge in [0.15, 0.2) is 9.84 Å². The molecule has 2 aliphatic carbocycles. The lowest BCUT2D eigenvalue weighted by Crippen LogP contribution is -2.51. The minimum atomic E-state index is -3.30. The molecule has 1 heterocycles. The molecule has 3 aliphatic rings. The van der Waals surface area contributed by atoms with Crippen LogP contribution in [0.4, 0.5) is 0 Å². The largest absolute Gasteiger partial charge is 0.366 e. The van der Waals surface area contributed by atoms with Gasteiger partial charge in [0.1, 0.15) is 5.75 Å². The zero-order chi connectivity index (χ0) is 20.3. The maximum absolute atomic E-state index is 12.5. The molecule has 1 unspecified atom stereocenters. The summed E-state index contributed by atoms with van der Waals surface area (Å²) in [4.78, 5) is 16.4. The van der Waals surface area contributed by atoms with Crippen LogP contribution in [0.5, 0.6) is 0 Å². The van der Waals surface area contributed by atoms with Crippen LogP contribution in [0.25, 0.3) is 0 Å². The van der Waals surface area contributed by atoms with E-state index in [2.05, 4.69) is 29.2 Å². The van der Waals surface area contributed by atoms with Crippen molar-refractivity contribution in [1.29, 1.82) is 0 Å². The molecule has 0 N–H and O–H groups in total. The SMILES string of the molecule is O=C(CS(=O)(=O)C1CCCC1)N1CCN(COC[C@@H]2CC2c2ccccc2)CC1. The first-order chi connectivity index (χ1) is 14.0. The Labute approximate surface area is 174 Å². The zero-order valence-electron chi connectivity index (χ0n) is 17.0. The van der Waals surface area contributed by atoms with Crippen molar-refractivity contribution in [3.63, 3.8) is 0 Å². The molecular weight excluding hydrogens is 388 g/mol. The molecule has 6 nitrogen and oxygen atoms in total. The summed E-state index contributed by atoms with van der Waals surface area (Å²) >= 11 is 0. The van der Waals surface area contributed by atoms with Crippen LogP contribution in [0, 0.1) is 5.92 Å². The number of amides is 1. The lowest BCUT2D eigenvalue weighted by atomic mass is 10.1. The smallest absolute Gasteiger partial charge is 0.237 e. The fraction of sp³-hybridized carbons (Fsp3) is 0.682. The van der Waals surface area contributed by atoms with E-state index in [-0.39, 0.29) is 16.9 Å². The van der Waals surface area contributed by atoms with E-state index in [4.69, 9.17) is 4.74 Å². The van der Waals surface area contributed by atoms with Crippen LogP contribution in [0.2, 0.25) is 0 Å². The van der Waals surface area contributed by atoms with Crippen LogP contribution in [-0.4, -0.2) is 74.6 Å². The predicted octanol–water partition coefficient (Wildman–Crippen LogP) is 2.27. The Bertz CT molecular complexity index is 784. The van der Waals surface area contributed by atoms with E-state index in [0.717, 1.165) is 32.5 Å². The van der Waals surface area contributed by atoms with Crippen molar-refractivity contribution in [2.45, 2.75) is 43.3 Å². The summed E-state index contributed by atoms with van der Waals surface area (Å²) in [6.45, 7) is 4.00. The number of sulfone groups is 1. The number of piperazine rings is 1. The van der Waals surface area contributed by atoms with Gasteiger partial charge in [-0.05, 0) is 36.7 Å². The molecule has 2 atom stereocenters. The Kier molecular flexibility index (Phi) is 6.56. The van der Waals surface area contributed by atoms with Crippen molar-refractivity contribution in [2.24, 2.45) is 5.92 Å². The molecule has 1 amide bonds. The van der Waals surface area contributed by atoms with Crippen molar-refractivity contribution >= 4 is 15.7 Å². The predicted molar refractivity (Wildman–Crippen MR) is 112 cm³/mol. The number of hydrogen-bond acceptors (Lipinski definition) is 5. The summed E-state index contributed by atoms with van der Waals surface area (Å²) in [5.41, 5.74) is 1.40. The molecule has 0 spiro atoms. The summed E-state index contributed by atoms with van der Waals surface area (Å²) in [6.07, 6.45) is 4.55. The third kappa shape index (κ3) is 5.38.